The van der Waals surface area contributed by atoms with Gasteiger partial charge in [0.1, 0.15) is 11.5 Å². The number of aromatic hydroxyl groups is 1. The number of aliphatic hydroxyl groups excluding tert-OH is 1. The van der Waals surface area contributed by atoms with Crippen LogP contribution in [0.1, 0.15) is 6.92 Å². The van der Waals surface area contributed by atoms with Gasteiger partial charge in [-0.3, -0.25) is 0 Å². The van der Waals surface area contributed by atoms with Gasteiger partial charge in [-0.15, -0.1) is 0 Å². The van der Waals surface area contributed by atoms with E-state index in [4.69, 9.17) is 9.47 Å². The number of phenols is 1. The molecule has 1 unspecified atom stereocenters. The van der Waals surface area contributed by atoms with Crippen molar-refractivity contribution in [3.05, 3.63) is 48.6 Å². The van der Waals surface area contributed by atoms with Crippen molar-refractivity contribution in [2.24, 2.45) is 0 Å². The number of rotatable bonds is 5. The minimum atomic E-state index is -1.30. The molecule has 0 fully saturated rings. The zero-order valence-electron chi connectivity index (χ0n) is 11.6. The molecule has 0 saturated carbocycles. The summed E-state index contributed by atoms with van der Waals surface area (Å²) in [6.07, 6.45) is -1.30. The van der Waals surface area contributed by atoms with Crippen molar-refractivity contribution in [3.8, 4) is 11.5 Å². The zero-order chi connectivity index (χ0) is 15.4. The van der Waals surface area contributed by atoms with Crippen LogP contribution in [0.5, 0.6) is 11.5 Å². The van der Waals surface area contributed by atoms with Gasteiger partial charge >= 0.3 is 5.97 Å². The van der Waals surface area contributed by atoms with E-state index < -0.39 is 12.3 Å². The van der Waals surface area contributed by atoms with Crippen LogP contribution in [0, 0.1) is 0 Å². The fraction of sp³-hybridized carbons (Fsp3) is 0.188. The van der Waals surface area contributed by atoms with Crippen LogP contribution in [-0.2, 0) is 9.53 Å². The Morgan fingerprint density at radius 1 is 1.24 bits per heavy atom. The molecule has 0 aliphatic heterocycles. The fourth-order valence-corrected chi connectivity index (χ4v) is 1.81. The van der Waals surface area contributed by atoms with E-state index in [0.717, 1.165) is 0 Å². The Bertz CT molecular complexity index is 677. The van der Waals surface area contributed by atoms with Crippen LogP contribution in [0.3, 0.4) is 0 Å². The normalized spacial score (nSPS) is 11.9. The smallest absolute Gasteiger partial charge is 0.333 e. The molecule has 0 aliphatic rings. The summed E-state index contributed by atoms with van der Waals surface area (Å²) in [7, 11) is 0. The van der Waals surface area contributed by atoms with E-state index in [-0.39, 0.29) is 17.9 Å². The molecule has 5 nitrogen and oxygen atoms in total. The van der Waals surface area contributed by atoms with Gasteiger partial charge in [-0.2, -0.15) is 0 Å². The second-order valence-electron chi connectivity index (χ2n) is 4.58. The van der Waals surface area contributed by atoms with E-state index in [0.29, 0.717) is 16.5 Å². The minimum absolute atomic E-state index is 0.126. The fourth-order valence-electron chi connectivity index (χ4n) is 1.81. The zero-order valence-corrected chi connectivity index (χ0v) is 11.6. The van der Waals surface area contributed by atoms with Crippen molar-refractivity contribution in [3.63, 3.8) is 0 Å². The lowest BCUT2D eigenvalue weighted by Gasteiger charge is -2.15. The lowest BCUT2D eigenvalue weighted by molar-refractivity contribution is -0.149. The Hall–Kier alpha value is -2.53. The molecule has 0 heterocycles. The van der Waals surface area contributed by atoms with Crippen LogP contribution in [-0.4, -0.2) is 29.1 Å². The maximum atomic E-state index is 11.2. The first-order valence-corrected chi connectivity index (χ1v) is 6.37. The van der Waals surface area contributed by atoms with Crippen LogP contribution in [0.2, 0.25) is 0 Å². The van der Waals surface area contributed by atoms with Crippen LogP contribution in [0.4, 0.5) is 0 Å². The van der Waals surface area contributed by atoms with E-state index in [1.54, 1.807) is 30.3 Å². The molecule has 0 aromatic heterocycles. The van der Waals surface area contributed by atoms with E-state index in [1.807, 2.05) is 0 Å². The first-order valence-electron chi connectivity index (χ1n) is 6.37. The number of phenolic OH excluding ortho intramolecular Hbond substituents is 1. The highest BCUT2D eigenvalue weighted by molar-refractivity contribution is 5.93. The SMILES string of the molecule is C=C(C)C(=O)OCC(O)Oc1ccc(O)c2ccccc12. The molecule has 0 bridgehead atoms. The summed E-state index contributed by atoms with van der Waals surface area (Å²) in [4.78, 5) is 11.2. The highest BCUT2D eigenvalue weighted by atomic mass is 16.6. The van der Waals surface area contributed by atoms with Crippen molar-refractivity contribution in [1.82, 2.24) is 0 Å². The molecule has 0 aliphatic carbocycles. The largest absolute Gasteiger partial charge is 0.507 e. The minimum Gasteiger partial charge on any atom is -0.507 e. The molecule has 1 atom stereocenters. The molecular weight excluding hydrogens is 272 g/mol. The van der Waals surface area contributed by atoms with Crippen molar-refractivity contribution in [1.29, 1.82) is 0 Å². The van der Waals surface area contributed by atoms with Crippen LogP contribution in [0.25, 0.3) is 10.8 Å². The summed E-state index contributed by atoms with van der Waals surface area (Å²) in [5, 5.41) is 20.8. The van der Waals surface area contributed by atoms with E-state index in [9.17, 15) is 15.0 Å². The Kier molecular flexibility index (Phi) is 4.45. The second kappa shape index (κ2) is 6.28. The predicted molar refractivity (Wildman–Crippen MR) is 78.0 cm³/mol. The lowest BCUT2D eigenvalue weighted by Crippen LogP contribution is -2.24. The molecule has 5 heteroatoms. The molecule has 2 N–H and O–H groups in total. The maximum absolute atomic E-state index is 11.2. The number of carbonyl (C=O) groups excluding carboxylic acids is 1. The van der Waals surface area contributed by atoms with Crippen molar-refractivity contribution < 1.29 is 24.5 Å². The number of hydrogen-bond acceptors (Lipinski definition) is 5. The van der Waals surface area contributed by atoms with E-state index in [1.165, 1.54) is 13.0 Å². The summed E-state index contributed by atoms with van der Waals surface area (Å²) in [5.41, 5.74) is 0.247. The summed E-state index contributed by atoms with van der Waals surface area (Å²) in [6.45, 7) is 4.66. The molecule has 2 rings (SSSR count). The van der Waals surface area contributed by atoms with Crippen LogP contribution in [0.15, 0.2) is 48.6 Å². The number of fused-ring (bicyclic) bond motifs is 1. The van der Waals surface area contributed by atoms with E-state index in [2.05, 4.69) is 6.58 Å². The number of aliphatic hydroxyl groups is 1. The average Bonchev–Trinajstić information content (AvgIpc) is 2.48. The van der Waals surface area contributed by atoms with Gasteiger partial charge in [0.2, 0.25) is 6.29 Å². The van der Waals surface area contributed by atoms with Crippen LogP contribution >= 0.6 is 0 Å². The topological polar surface area (TPSA) is 76.0 Å². The molecule has 2 aromatic carbocycles. The number of hydrogen-bond donors (Lipinski definition) is 2. The van der Waals surface area contributed by atoms with E-state index >= 15 is 0 Å². The Morgan fingerprint density at radius 3 is 2.57 bits per heavy atom. The number of benzene rings is 2. The summed E-state index contributed by atoms with van der Waals surface area (Å²) >= 11 is 0. The predicted octanol–water partition coefficient (Wildman–Crippen LogP) is 2.36. The highest BCUT2D eigenvalue weighted by Crippen LogP contribution is 2.32. The standard InChI is InChI=1S/C16H16O5/c1-10(2)16(19)20-9-15(18)21-14-8-7-13(17)11-5-3-4-6-12(11)14/h3-8,15,17-18H,1,9H2,2H3. The van der Waals surface area contributed by atoms with Crippen molar-refractivity contribution in [2.75, 3.05) is 6.61 Å². The van der Waals surface area contributed by atoms with Gasteiger partial charge in [0.25, 0.3) is 0 Å². The average molecular weight is 288 g/mol. The summed E-state index contributed by atoms with van der Waals surface area (Å²) < 4.78 is 10.2. The lowest BCUT2D eigenvalue weighted by atomic mass is 10.1. The Balaban J connectivity index is 2.11. The monoisotopic (exact) mass is 288 g/mol. The van der Waals surface area contributed by atoms with Gasteiger partial charge in [-0.25, -0.2) is 4.79 Å². The third kappa shape index (κ3) is 3.52. The third-order valence-corrected chi connectivity index (χ3v) is 2.83. The maximum Gasteiger partial charge on any atom is 0.333 e. The molecule has 2 aromatic rings. The van der Waals surface area contributed by atoms with Crippen LogP contribution < -0.4 is 4.74 Å². The van der Waals surface area contributed by atoms with Gasteiger partial charge in [-0.1, -0.05) is 30.8 Å². The number of carbonyl (C=O) groups is 1. The molecule has 110 valence electrons. The Labute approximate surface area is 122 Å². The number of esters is 1. The summed E-state index contributed by atoms with van der Waals surface area (Å²) in [6, 6.07) is 10.1. The van der Waals surface area contributed by atoms with Gasteiger partial charge in [0.05, 0.1) is 0 Å². The highest BCUT2D eigenvalue weighted by Gasteiger charge is 2.13. The molecule has 0 radical (unpaired) electrons. The van der Waals surface area contributed by atoms with Gasteiger partial charge < -0.3 is 19.7 Å². The molecule has 0 spiro atoms. The third-order valence-electron chi connectivity index (χ3n) is 2.83. The molecule has 21 heavy (non-hydrogen) atoms. The second-order valence-corrected chi connectivity index (χ2v) is 4.58. The molecule has 0 amide bonds. The van der Waals surface area contributed by atoms with Gasteiger partial charge in [0.15, 0.2) is 6.61 Å². The quantitative estimate of drug-likeness (QED) is 0.502. The molecule has 0 saturated heterocycles. The van der Waals surface area contributed by atoms with Crippen molar-refractivity contribution >= 4 is 16.7 Å². The van der Waals surface area contributed by atoms with Crippen molar-refractivity contribution in [2.45, 2.75) is 13.2 Å². The number of ether oxygens (including phenoxy) is 2. The first kappa shape index (κ1) is 14.9. The summed E-state index contributed by atoms with van der Waals surface area (Å²) in [5.74, 6) is -0.0726. The van der Waals surface area contributed by atoms with Gasteiger partial charge in [-0.05, 0) is 19.1 Å². The van der Waals surface area contributed by atoms with Gasteiger partial charge in [0, 0.05) is 16.3 Å². The first-order chi connectivity index (χ1) is 9.99. The Morgan fingerprint density at radius 2 is 1.90 bits per heavy atom. The molecular formula is C16H16O5.